The van der Waals surface area contributed by atoms with Gasteiger partial charge < -0.3 is 15.0 Å². The molecule has 2 aliphatic heterocycles. The number of piperidine rings is 1. The van der Waals surface area contributed by atoms with Crippen molar-refractivity contribution in [2.45, 2.75) is 64.1 Å². The Morgan fingerprint density at radius 2 is 1.83 bits per heavy atom. The lowest BCUT2D eigenvalue weighted by atomic mass is 9.95. The van der Waals surface area contributed by atoms with E-state index in [1.54, 1.807) is 19.9 Å². The number of carbonyl (C=O) groups is 2. The number of hydrogen-bond acceptors (Lipinski definition) is 5. The Kier molecular flexibility index (Phi) is 7.19. The average Bonchev–Trinajstić information content (AvgIpc) is 2.83. The maximum atomic E-state index is 13.5. The zero-order valence-corrected chi connectivity index (χ0v) is 21.5. The number of aryl methyl sites for hydroxylation is 1. The monoisotopic (exact) mass is 499 g/mol. The number of hydrogen-bond donors (Lipinski definition) is 1. The predicted molar refractivity (Wildman–Crippen MR) is 134 cm³/mol. The van der Waals surface area contributed by atoms with Crippen LogP contribution in [-0.2, 0) is 26.2 Å². The molecule has 1 atom stereocenters. The maximum Gasteiger partial charge on any atom is 0.265 e. The summed E-state index contributed by atoms with van der Waals surface area (Å²) in [5, 5.41) is 2.75. The highest BCUT2D eigenvalue weighted by atomic mass is 32.2. The summed E-state index contributed by atoms with van der Waals surface area (Å²) < 4.78 is 34.0. The van der Waals surface area contributed by atoms with Gasteiger partial charge in [0.25, 0.3) is 5.91 Å². The van der Waals surface area contributed by atoms with Gasteiger partial charge in [0.2, 0.25) is 15.9 Å². The molecular formula is C26H33N3O5S. The summed E-state index contributed by atoms with van der Waals surface area (Å²) in [5.41, 5.74) is 2.08. The molecule has 0 spiro atoms. The van der Waals surface area contributed by atoms with Gasteiger partial charge in [0.05, 0.1) is 10.6 Å². The van der Waals surface area contributed by atoms with Crippen molar-refractivity contribution in [3.63, 3.8) is 0 Å². The van der Waals surface area contributed by atoms with E-state index in [-0.39, 0.29) is 41.8 Å². The summed E-state index contributed by atoms with van der Waals surface area (Å²) in [6.45, 7) is 8.43. The molecule has 4 rings (SSSR count). The summed E-state index contributed by atoms with van der Waals surface area (Å²) >= 11 is 0. The van der Waals surface area contributed by atoms with Crippen molar-refractivity contribution in [2.24, 2.45) is 5.92 Å². The van der Waals surface area contributed by atoms with Gasteiger partial charge in [-0.1, -0.05) is 30.3 Å². The SMILES string of the molecule is Cc1cc2c(cc1S(=O)(=O)N1CCC(C(=O)N(Cc3ccccc3)C(C)C)CC1)O[C@@H](C)C(=O)N2. The number of nitrogens with zero attached hydrogens (tertiary/aromatic N) is 2. The van der Waals surface area contributed by atoms with Crippen molar-refractivity contribution in [3.05, 3.63) is 53.6 Å². The van der Waals surface area contributed by atoms with Gasteiger partial charge in [-0.3, -0.25) is 9.59 Å². The van der Waals surface area contributed by atoms with Crippen LogP contribution in [0.4, 0.5) is 5.69 Å². The van der Waals surface area contributed by atoms with Gasteiger partial charge in [-0.2, -0.15) is 4.31 Å². The molecule has 35 heavy (non-hydrogen) atoms. The van der Waals surface area contributed by atoms with Crippen molar-refractivity contribution >= 4 is 27.5 Å². The fourth-order valence-electron chi connectivity index (χ4n) is 4.63. The van der Waals surface area contributed by atoms with E-state index in [2.05, 4.69) is 5.32 Å². The molecule has 0 saturated carbocycles. The van der Waals surface area contributed by atoms with E-state index in [1.165, 1.54) is 10.4 Å². The van der Waals surface area contributed by atoms with Gasteiger partial charge in [0.1, 0.15) is 5.75 Å². The highest BCUT2D eigenvalue weighted by molar-refractivity contribution is 7.89. The summed E-state index contributed by atoms with van der Waals surface area (Å²) in [6.07, 6.45) is 0.259. The van der Waals surface area contributed by atoms with Crippen LogP contribution < -0.4 is 10.1 Å². The van der Waals surface area contributed by atoms with E-state index in [9.17, 15) is 18.0 Å². The fraction of sp³-hybridized carbons (Fsp3) is 0.462. The second-order valence-corrected chi connectivity index (χ2v) is 11.5. The molecule has 2 aliphatic rings. The van der Waals surface area contributed by atoms with Gasteiger partial charge >= 0.3 is 0 Å². The van der Waals surface area contributed by atoms with E-state index >= 15 is 0 Å². The van der Waals surface area contributed by atoms with Crippen LogP contribution in [0.1, 0.15) is 44.7 Å². The number of rotatable bonds is 6. The molecule has 2 aromatic rings. The van der Waals surface area contributed by atoms with Gasteiger partial charge in [0, 0.05) is 37.7 Å². The Morgan fingerprint density at radius 1 is 1.17 bits per heavy atom. The minimum absolute atomic E-state index is 0.0468. The third kappa shape index (κ3) is 5.21. The molecule has 8 nitrogen and oxygen atoms in total. The molecular weight excluding hydrogens is 466 g/mol. The molecule has 1 N–H and O–H groups in total. The zero-order chi connectivity index (χ0) is 25.3. The van der Waals surface area contributed by atoms with Crippen LogP contribution in [0.2, 0.25) is 0 Å². The first-order valence-electron chi connectivity index (χ1n) is 12.0. The number of ether oxygens (including phenoxy) is 1. The van der Waals surface area contributed by atoms with Crippen LogP contribution in [0.15, 0.2) is 47.4 Å². The number of nitrogens with one attached hydrogen (secondary N) is 1. The second-order valence-electron chi connectivity index (χ2n) is 9.59. The van der Waals surface area contributed by atoms with E-state index in [1.807, 2.05) is 49.1 Å². The van der Waals surface area contributed by atoms with Crippen LogP contribution in [0.3, 0.4) is 0 Å². The van der Waals surface area contributed by atoms with Crippen molar-refractivity contribution in [1.29, 1.82) is 0 Å². The molecule has 0 radical (unpaired) electrons. The Bertz CT molecular complexity index is 1200. The fourth-order valence-corrected chi connectivity index (χ4v) is 6.32. The molecule has 0 unspecified atom stereocenters. The van der Waals surface area contributed by atoms with Crippen LogP contribution >= 0.6 is 0 Å². The van der Waals surface area contributed by atoms with E-state index in [0.29, 0.717) is 36.4 Å². The number of sulfonamides is 1. The third-order valence-electron chi connectivity index (χ3n) is 6.73. The molecule has 2 heterocycles. The van der Waals surface area contributed by atoms with Crippen molar-refractivity contribution in [1.82, 2.24) is 9.21 Å². The molecule has 1 saturated heterocycles. The predicted octanol–water partition coefficient (Wildman–Crippen LogP) is 3.55. The quantitative estimate of drug-likeness (QED) is 0.656. The first kappa shape index (κ1) is 25.2. The van der Waals surface area contributed by atoms with Crippen LogP contribution in [0.25, 0.3) is 0 Å². The summed E-state index contributed by atoms with van der Waals surface area (Å²) in [6, 6.07) is 13.1. The molecule has 188 valence electrons. The smallest absolute Gasteiger partial charge is 0.265 e. The molecule has 0 aromatic heterocycles. The van der Waals surface area contributed by atoms with Crippen molar-refractivity contribution in [2.75, 3.05) is 18.4 Å². The van der Waals surface area contributed by atoms with Gasteiger partial charge in [-0.05, 0) is 57.7 Å². The summed E-state index contributed by atoms with van der Waals surface area (Å²) in [5.74, 6) is -0.0534. The van der Waals surface area contributed by atoms with Crippen molar-refractivity contribution < 1.29 is 22.7 Å². The molecule has 0 bridgehead atoms. The van der Waals surface area contributed by atoms with E-state index in [4.69, 9.17) is 4.74 Å². The molecule has 9 heteroatoms. The first-order valence-corrected chi connectivity index (χ1v) is 13.5. The molecule has 0 aliphatic carbocycles. The van der Waals surface area contributed by atoms with Gasteiger partial charge in [-0.25, -0.2) is 8.42 Å². The van der Waals surface area contributed by atoms with Gasteiger partial charge in [-0.15, -0.1) is 0 Å². The summed E-state index contributed by atoms with van der Waals surface area (Å²) in [4.78, 5) is 27.3. The molecule has 2 aromatic carbocycles. The lowest BCUT2D eigenvalue weighted by molar-refractivity contribution is -0.139. The highest BCUT2D eigenvalue weighted by Gasteiger charge is 2.36. The zero-order valence-electron chi connectivity index (χ0n) is 20.7. The third-order valence-corrected chi connectivity index (χ3v) is 8.77. The minimum Gasteiger partial charge on any atom is -0.479 e. The van der Waals surface area contributed by atoms with Crippen LogP contribution in [0.5, 0.6) is 5.75 Å². The Labute approximate surface area is 207 Å². The number of fused-ring (bicyclic) bond motifs is 1. The van der Waals surface area contributed by atoms with Crippen molar-refractivity contribution in [3.8, 4) is 5.75 Å². The standard InChI is InChI=1S/C26H33N3O5S/c1-17(2)29(16-20-8-6-5-7-9-20)26(31)21-10-12-28(13-11-21)35(32,33)24-15-23-22(14-18(24)3)27-25(30)19(4)34-23/h5-9,14-15,17,19,21H,10-13,16H2,1-4H3,(H,27,30)/t19-/m0/s1. The number of carbonyl (C=O) groups excluding carboxylic acids is 2. The Morgan fingerprint density at radius 3 is 2.46 bits per heavy atom. The number of anilines is 1. The minimum atomic E-state index is -3.78. The second kappa shape index (κ2) is 9.99. The Hall–Kier alpha value is -2.91. The largest absolute Gasteiger partial charge is 0.479 e. The first-order chi connectivity index (χ1) is 16.6. The molecule has 2 amide bonds. The van der Waals surface area contributed by atoms with Crippen LogP contribution in [-0.4, -0.2) is 54.7 Å². The lowest BCUT2D eigenvalue weighted by Gasteiger charge is -2.35. The highest BCUT2D eigenvalue weighted by Crippen LogP contribution is 2.36. The average molecular weight is 500 g/mol. The maximum absolute atomic E-state index is 13.5. The lowest BCUT2D eigenvalue weighted by Crippen LogP contribution is -2.46. The molecule has 1 fully saturated rings. The topological polar surface area (TPSA) is 96.0 Å². The normalized spacial score (nSPS) is 19.1. The number of benzene rings is 2. The van der Waals surface area contributed by atoms with Crippen LogP contribution in [0, 0.1) is 12.8 Å². The van der Waals surface area contributed by atoms with Gasteiger partial charge in [0.15, 0.2) is 6.10 Å². The van der Waals surface area contributed by atoms with E-state index in [0.717, 1.165) is 5.56 Å². The Balaban J connectivity index is 1.46. The van der Waals surface area contributed by atoms with E-state index < -0.39 is 16.1 Å². The summed E-state index contributed by atoms with van der Waals surface area (Å²) in [7, 11) is -3.78. The number of amides is 2.